The van der Waals surface area contributed by atoms with Gasteiger partial charge in [-0.3, -0.25) is 14.0 Å². The number of carbonyl (C=O) groups excluding carboxylic acids is 1. The molecule has 0 fully saturated rings. The number of thiazole rings is 1. The third-order valence-corrected chi connectivity index (χ3v) is 5.64. The molecule has 0 amide bonds. The summed E-state index contributed by atoms with van der Waals surface area (Å²) >= 11 is 1.30. The molecular formula is C21H20N4O3S. The van der Waals surface area contributed by atoms with Crippen molar-refractivity contribution in [1.29, 1.82) is 0 Å². The minimum absolute atomic E-state index is 0.194. The van der Waals surface area contributed by atoms with Crippen molar-refractivity contribution >= 4 is 23.4 Å². The predicted octanol–water partition coefficient (Wildman–Crippen LogP) is 1.53. The zero-order chi connectivity index (χ0) is 20.5. The molecule has 4 rings (SSSR count). The lowest BCUT2D eigenvalue weighted by molar-refractivity contribution is -0.139. The molecular weight excluding hydrogens is 388 g/mol. The number of carbonyl (C=O) groups is 1. The molecule has 2 aromatic heterocycles. The van der Waals surface area contributed by atoms with E-state index >= 15 is 0 Å². The topological polar surface area (TPSA) is 78.5 Å². The summed E-state index contributed by atoms with van der Waals surface area (Å²) in [7, 11) is 1.82. The summed E-state index contributed by atoms with van der Waals surface area (Å²) in [4.78, 5) is 31.2. The smallest absolute Gasteiger partial charge is 0.338 e. The number of fused-ring (bicyclic) bond motifs is 1. The quantitative estimate of drug-likeness (QED) is 0.614. The van der Waals surface area contributed by atoms with Crippen molar-refractivity contribution in [3.05, 3.63) is 84.8 Å². The molecule has 0 aliphatic carbocycles. The fourth-order valence-corrected chi connectivity index (χ4v) is 4.45. The van der Waals surface area contributed by atoms with E-state index in [2.05, 4.69) is 10.1 Å². The van der Waals surface area contributed by atoms with Crippen molar-refractivity contribution in [2.45, 2.75) is 19.9 Å². The van der Waals surface area contributed by atoms with Gasteiger partial charge in [-0.1, -0.05) is 41.7 Å². The third kappa shape index (κ3) is 3.47. The number of benzene rings is 1. The molecule has 0 bridgehead atoms. The van der Waals surface area contributed by atoms with Crippen LogP contribution in [0.5, 0.6) is 0 Å². The van der Waals surface area contributed by atoms with Crippen LogP contribution in [0.15, 0.2) is 63.8 Å². The lowest BCUT2D eigenvalue weighted by Crippen LogP contribution is -2.39. The van der Waals surface area contributed by atoms with Crippen LogP contribution in [0.25, 0.3) is 6.08 Å². The van der Waals surface area contributed by atoms with Crippen molar-refractivity contribution < 1.29 is 9.53 Å². The van der Waals surface area contributed by atoms with Crippen LogP contribution in [0.3, 0.4) is 0 Å². The highest BCUT2D eigenvalue weighted by Gasteiger charge is 2.33. The van der Waals surface area contributed by atoms with Gasteiger partial charge < -0.3 is 4.74 Å². The van der Waals surface area contributed by atoms with E-state index < -0.39 is 12.0 Å². The Morgan fingerprint density at radius 1 is 1.31 bits per heavy atom. The second-order valence-electron chi connectivity index (χ2n) is 6.66. The first-order valence-electron chi connectivity index (χ1n) is 9.23. The molecule has 1 aliphatic rings. The minimum Gasteiger partial charge on any atom is -0.463 e. The summed E-state index contributed by atoms with van der Waals surface area (Å²) in [6, 6.07) is 8.90. The summed E-state index contributed by atoms with van der Waals surface area (Å²) in [5.41, 5.74) is 2.42. The fraction of sp³-hybridized carbons (Fsp3) is 0.238. The van der Waals surface area contributed by atoms with E-state index in [0.717, 1.165) is 11.1 Å². The van der Waals surface area contributed by atoms with E-state index in [9.17, 15) is 9.59 Å². The van der Waals surface area contributed by atoms with Gasteiger partial charge in [0.05, 0.1) is 34.6 Å². The van der Waals surface area contributed by atoms with Crippen molar-refractivity contribution in [1.82, 2.24) is 14.3 Å². The number of hydrogen-bond acceptors (Lipinski definition) is 6. The average Bonchev–Trinajstić information content (AvgIpc) is 3.24. The Morgan fingerprint density at radius 3 is 2.72 bits per heavy atom. The van der Waals surface area contributed by atoms with E-state index in [0.29, 0.717) is 20.6 Å². The van der Waals surface area contributed by atoms with Gasteiger partial charge in [0.1, 0.15) is 0 Å². The minimum atomic E-state index is -0.581. The lowest BCUT2D eigenvalue weighted by Gasteiger charge is -2.24. The number of aromatic nitrogens is 3. The first-order valence-corrected chi connectivity index (χ1v) is 10.0. The predicted molar refractivity (Wildman–Crippen MR) is 110 cm³/mol. The molecule has 0 saturated heterocycles. The Morgan fingerprint density at radius 2 is 2.07 bits per heavy atom. The van der Waals surface area contributed by atoms with Gasteiger partial charge in [-0.15, -0.1) is 0 Å². The zero-order valence-corrected chi connectivity index (χ0v) is 17.1. The summed E-state index contributed by atoms with van der Waals surface area (Å²) in [5.74, 6) is -0.454. The highest BCUT2D eigenvalue weighted by atomic mass is 32.1. The van der Waals surface area contributed by atoms with Crippen LogP contribution in [-0.2, 0) is 16.6 Å². The number of hydrogen-bond donors (Lipinski definition) is 0. The second-order valence-corrected chi connectivity index (χ2v) is 7.67. The standard InChI is InChI=1S/C21H20N4O3S/c1-4-28-20(27)17-13(2)23-21-25(18(17)15-8-6-5-7-9-15)19(26)16(29-21)10-14-11-22-24(3)12-14/h5-12,18H,4H2,1-3H3/t18-/m1/s1. The third-order valence-electron chi connectivity index (χ3n) is 4.65. The van der Waals surface area contributed by atoms with Crippen LogP contribution >= 0.6 is 11.3 Å². The summed E-state index contributed by atoms with van der Waals surface area (Å²) in [6.07, 6.45) is 5.33. The molecule has 29 heavy (non-hydrogen) atoms. The van der Waals surface area contributed by atoms with Gasteiger partial charge in [0.25, 0.3) is 5.56 Å². The maximum absolute atomic E-state index is 13.3. The van der Waals surface area contributed by atoms with E-state index in [4.69, 9.17) is 4.74 Å². The normalized spacial score (nSPS) is 16.5. The zero-order valence-electron chi connectivity index (χ0n) is 16.3. The fourth-order valence-electron chi connectivity index (χ4n) is 3.41. The Kier molecular flexibility index (Phi) is 5.02. The Hall–Kier alpha value is -3.26. The highest BCUT2D eigenvalue weighted by Crippen LogP contribution is 2.30. The molecule has 0 radical (unpaired) electrons. The van der Waals surface area contributed by atoms with Gasteiger partial charge in [0.2, 0.25) is 0 Å². The van der Waals surface area contributed by atoms with Crippen LogP contribution in [0.2, 0.25) is 0 Å². The molecule has 1 atom stereocenters. The lowest BCUT2D eigenvalue weighted by atomic mass is 9.96. The first-order chi connectivity index (χ1) is 14.0. The van der Waals surface area contributed by atoms with E-state index in [1.165, 1.54) is 11.3 Å². The molecule has 1 aromatic carbocycles. The van der Waals surface area contributed by atoms with Crippen LogP contribution in [-0.4, -0.2) is 26.9 Å². The molecule has 7 nitrogen and oxygen atoms in total. The van der Waals surface area contributed by atoms with E-state index in [1.54, 1.807) is 35.4 Å². The molecule has 3 heterocycles. The first kappa shape index (κ1) is 19.1. The molecule has 3 aromatic rings. The van der Waals surface area contributed by atoms with Crippen molar-refractivity contribution in [3.8, 4) is 0 Å². The maximum Gasteiger partial charge on any atom is 0.338 e. The number of rotatable bonds is 4. The molecule has 0 N–H and O–H groups in total. The van der Waals surface area contributed by atoms with Gasteiger partial charge in [0, 0.05) is 18.8 Å². The second kappa shape index (κ2) is 7.63. The number of nitrogens with zero attached hydrogens (tertiary/aromatic N) is 4. The molecule has 0 spiro atoms. The Balaban J connectivity index is 1.96. The number of aryl methyl sites for hydroxylation is 1. The largest absolute Gasteiger partial charge is 0.463 e. The van der Waals surface area contributed by atoms with Crippen LogP contribution in [0, 0.1) is 0 Å². The van der Waals surface area contributed by atoms with Gasteiger partial charge in [-0.05, 0) is 25.5 Å². The highest BCUT2D eigenvalue weighted by molar-refractivity contribution is 7.07. The summed E-state index contributed by atoms with van der Waals surface area (Å²) in [6.45, 7) is 3.79. The van der Waals surface area contributed by atoms with Gasteiger partial charge >= 0.3 is 5.97 Å². The van der Waals surface area contributed by atoms with Crippen molar-refractivity contribution in [3.63, 3.8) is 0 Å². The SMILES string of the molecule is CCOC(=O)C1=C(C)N=c2sc(=Cc3cnn(C)c3)c(=O)n2[C@@H]1c1ccccc1. The molecule has 0 unspecified atom stereocenters. The van der Waals surface area contributed by atoms with E-state index in [1.807, 2.05) is 43.6 Å². The van der Waals surface area contributed by atoms with Crippen LogP contribution in [0.4, 0.5) is 0 Å². The van der Waals surface area contributed by atoms with Gasteiger partial charge in [0.15, 0.2) is 4.80 Å². The monoisotopic (exact) mass is 408 g/mol. The Bertz CT molecular complexity index is 1280. The van der Waals surface area contributed by atoms with Gasteiger partial charge in [-0.25, -0.2) is 9.79 Å². The van der Waals surface area contributed by atoms with Gasteiger partial charge in [-0.2, -0.15) is 5.10 Å². The van der Waals surface area contributed by atoms with Crippen LogP contribution in [0.1, 0.15) is 31.0 Å². The summed E-state index contributed by atoms with van der Waals surface area (Å²) in [5, 5.41) is 4.14. The molecule has 8 heteroatoms. The molecule has 1 aliphatic heterocycles. The summed E-state index contributed by atoms with van der Waals surface area (Å²) < 4.78 is 9.08. The molecule has 0 saturated carbocycles. The number of esters is 1. The average molecular weight is 408 g/mol. The van der Waals surface area contributed by atoms with Crippen molar-refractivity contribution in [2.24, 2.45) is 12.0 Å². The van der Waals surface area contributed by atoms with Crippen LogP contribution < -0.4 is 14.9 Å². The number of ether oxygens (including phenoxy) is 1. The molecule has 148 valence electrons. The van der Waals surface area contributed by atoms with E-state index in [-0.39, 0.29) is 12.2 Å². The van der Waals surface area contributed by atoms with Crippen molar-refractivity contribution in [2.75, 3.05) is 6.61 Å². The maximum atomic E-state index is 13.3. The number of allylic oxidation sites excluding steroid dienone is 1. The Labute approximate surface area is 170 Å².